The summed E-state index contributed by atoms with van der Waals surface area (Å²) in [4.78, 5) is 14.9. The van der Waals surface area contributed by atoms with Gasteiger partial charge in [0, 0.05) is 28.7 Å². The quantitative estimate of drug-likeness (QED) is 0.602. The molecule has 0 N–H and O–H groups in total. The van der Waals surface area contributed by atoms with E-state index >= 15 is 0 Å². The number of fused-ring (bicyclic) bond motifs is 1. The Labute approximate surface area is 168 Å². The van der Waals surface area contributed by atoms with Gasteiger partial charge < -0.3 is 4.90 Å². The molecule has 138 valence electrons. The fourth-order valence-corrected chi connectivity index (χ4v) is 3.87. The number of carbonyl (C=O) groups is 1. The highest BCUT2D eigenvalue weighted by atomic mass is 35.5. The minimum atomic E-state index is -0.0349. The van der Waals surface area contributed by atoms with E-state index in [2.05, 4.69) is 0 Å². The van der Waals surface area contributed by atoms with Gasteiger partial charge in [0.05, 0.1) is 16.4 Å². The molecule has 6 heteroatoms. The average molecular weight is 400 g/mol. The number of benzene rings is 2. The molecule has 3 aromatic rings. The van der Waals surface area contributed by atoms with Crippen molar-refractivity contribution in [3.63, 3.8) is 0 Å². The van der Waals surface area contributed by atoms with Crippen LogP contribution in [-0.2, 0) is 6.42 Å². The van der Waals surface area contributed by atoms with Crippen LogP contribution in [-0.4, -0.2) is 33.2 Å². The van der Waals surface area contributed by atoms with Gasteiger partial charge in [-0.3, -0.25) is 4.79 Å². The maximum Gasteiger partial charge on any atom is 0.274 e. The lowest BCUT2D eigenvalue weighted by Crippen LogP contribution is -2.42. The molecule has 0 fully saturated rings. The molecule has 1 aliphatic heterocycles. The SMILES string of the molecule is CC(C)N1CCc2c(nn(-c3ccccc3Cl)c2-c2ccc(Cl)cc2)C1=O. The number of amides is 1. The number of para-hydroxylation sites is 1. The number of carbonyl (C=O) groups excluding carboxylic acids is 1. The Kier molecular flexibility index (Phi) is 4.70. The molecule has 1 aromatic heterocycles. The van der Waals surface area contributed by atoms with E-state index in [1.54, 1.807) is 4.68 Å². The third-order valence-electron chi connectivity index (χ3n) is 4.87. The third kappa shape index (κ3) is 3.13. The number of hydrogen-bond donors (Lipinski definition) is 0. The minimum absolute atomic E-state index is 0.0349. The van der Waals surface area contributed by atoms with Crippen molar-refractivity contribution >= 4 is 29.1 Å². The molecule has 0 bridgehead atoms. The van der Waals surface area contributed by atoms with Crippen LogP contribution in [0.1, 0.15) is 29.9 Å². The zero-order valence-electron chi connectivity index (χ0n) is 15.1. The highest BCUT2D eigenvalue weighted by Crippen LogP contribution is 2.35. The van der Waals surface area contributed by atoms with Crippen LogP contribution in [0.4, 0.5) is 0 Å². The first-order valence-corrected chi connectivity index (χ1v) is 9.66. The summed E-state index contributed by atoms with van der Waals surface area (Å²) in [5.74, 6) is -0.0349. The van der Waals surface area contributed by atoms with Crippen molar-refractivity contribution in [3.05, 3.63) is 69.8 Å². The number of nitrogens with zero attached hydrogens (tertiary/aromatic N) is 3. The van der Waals surface area contributed by atoms with Crippen molar-refractivity contribution in [2.24, 2.45) is 0 Å². The summed E-state index contributed by atoms with van der Waals surface area (Å²) >= 11 is 12.5. The van der Waals surface area contributed by atoms with E-state index in [0.29, 0.717) is 22.3 Å². The van der Waals surface area contributed by atoms with Gasteiger partial charge >= 0.3 is 0 Å². The van der Waals surface area contributed by atoms with Gasteiger partial charge in [-0.2, -0.15) is 5.10 Å². The maximum atomic E-state index is 13.0. The van der Waals surface area contributed by atoms with Crippen LogP contribution in [0.3, 0.4) is 0 Å². The summed E-state index contributed by atoms with van der Waals surface area (Å²) in [6.45, 7) is 4.72. The summed E-state index contributed by atoms with van der Waals surface area (Å²) < 4.78 is 1.79. The van der Waals surface area contributed by atoms with Crippen LogP contribution in [0.25, 0.3) is 16.9 Å². The minimum Gasteiger partial charge on any atom is -0.334 e. The van der Waals surface area contributed by atoms with Crippen LogP contribution < -0.4 is 0 Å². The van der Waals surface area contributed by atoms with Gasteiger partial charge in [-0.25, -0.2) is 4.68 Å². The van der Waals surface area contributed by atoms with Crippen molar-refractivity contribution in [1.82, 2.24) is 14.7 Å². The van der Waals surface area contributed by atoms with Gasteiger partial charge in [0.25, 0.3) is 5.91 Å². The van der Waals surface area contributed by atoms with Crippen molar-refractivity contribution in [2.45, 2.75) is 26.3 Å². The zero-order chi connectivity index (χ0) is 19.1. The van der Waals surface area contributed by atoms with E-state index in [9.17, 15) is 4.79 Å². The molecule has 0 atom stereocenters. The summed E-state index contributed by atoms with van der Waals surface area (Å²) in [7, 11) is 0. The van der Waals surface area contributed by atoms with Gasteiger partial charge in [0.1, 0.15) is 0 Å². The Morgan fingerprint density at radius 2 is 1.74 bits per heavy atom. The molecule has 2 heterocycles. The Bertz CT molecular complexity index is 1010. The molecule has 4 nitrogen and oxygen atoms in total. The summed E-state index contributed by atoms with van der Waals surface area (Å²) in [5, 5.41) is 5.95. The second-order valence-electron chi connectivity index (χ2n) is 6.89. The summed E-state index contributed by atoms with van der Waals surface area (Å²) in [6, 6.07) is 15.2. The van der Waals surface area contributed by atoms with E-state index in [1.807, 2.05) is 67.3 Å². The van der Waals surface area contributed by atoms with Crippen LogP contribution in [0.5, 0.6) is 0 Å². The second-order valence-corrected chi connectivity index (χ2v) is 7.73. The first kappa shape index (κ1) is 18.1. The number of halogens is 2. The lowest BCUT2D eigenvalue weighted by Gasteiger charge is -2.29. The Hall–Kier alpha value is -2.30. The monoisotopic (exact) mass is 399 g/mol. The molecular weight excluding hydrogens is 381 g/mol. The fourth-order valence-electron chi connectivity index (χ4n) is 3.52. The van der Waals surface area contributed by atoms with E-state index in [-0.39, 0.29) is 11.9 Å². The molecule has 2 aromatic carbocycles. The third-order valence-corrected chi connectivity index (χ3v) is 5.44. The van der Waals surface area contributed by atoms with Crippen LogP contribution in [0, 0.1) is 0 Å². The van der Waals surface area contributed by atoms with E-state index < -0.39 is 0 Å². The maximum absolute atomic E-state index is 13.0. The van der Waals surface area contributed by atoms with Gasteiger partial charge in [-0.1, -0.05) is 47.5 Å². The van der Waals surface area contributed by atoms with Crippen molar-refractivity contribution in [2.75, 3.05) is 6.54 Å². The highest BCUT2D eigenvalue weighted by molar-refractivity contribution is 6.32. The number of aromatic nitrogens is 2. The molecule has 1 amide bonds. The lowest BCUT2D eigenvalue weighted by atomic mass is 9.98. The smallest absolute Gasteiger partial charge is 0.274 e. The van der Waals surface area contributed by atoms with Crippen LogP contribution in [0.15, 0.2) is 48.5 Å². The van der Waals surface area contributed by atoms with Crippen molar-refractivity contribution < 1.29 is 4.79 Å². The Balaban J connectivity index is 1.96. The predicted molar refractivity (Wildman–Crippen MR) is 109 cm³/mol. The molecule has 1 aliphatic rings. The molecule has 0 saturated heterocycles. The van der Waals surface area contributed by atoms with Crippen LogP contribution in [0.2, 0.25) is 10.0 Å². The fraction of sp³-hybridized carbons (Fsp3) is 0.238. The zero-order valence-corrected chi connectivity index (χ0v) is 16.6. The molecule has 4 rings (SSSR count). The molecule has 27 heavy (non-hydrogen) atoms. The van der Waals surface area contributed by atoms with Crippen LogP contribution >= 0.6 is 23.2 Å². The van der Waals surface area contributed by atoms with E-state index in [4.69, 9.17) is 28.3 Å². The molecule has 0 aliphatic carbocycles. The standard InChI is InChI=1S/C21H19Cl2N3O/c1-13(2)25-12-11-16-19(21(25)27)24-26(18-6-4-3-5-17(18)23)20(16)14-7-9-15(22)10-8-14/h3-10,13H,11-12H2,1-2H3. The van der Waals surface area contributed by atoms with Gasteiger partial charge in [-0.05, 0) is 44.5 Å². The highest BCUT2D eigenvalue weighted by Gasteiger charge is 2.33. The van der Waals surface area contributed by atoms with E-state index in [0.717, 1.165) is 28.9 Å². The first-order valence-electron chi connectivity index (χ1n) is 8.91. The number of rotatable bonds is 3. The molecule has 0 unspecified atom stereocenters. The van der Waals surface area contributed by atoms with E-state index in [1.165, 1.54) is 0 Å². The topological polar surface area (TPSA) is 38.1 Å². The first-order chi connectivity index (χ1) is 13.0. The Morgan fingerprint density at radius 3 is 2.41 bits per heavy atom. The van der Waals surface area contributed by atoms with Crippen molar-refractivity contribution in [3.8, 4) is 16.9 Å². The molecular formula is C21H19Cl2N3O. The van der Waals surface area contributed by atoms with Gasteiger partial charge in [0.15, 0.2) is 5.69 Å². The Morgan fingerprint density at radius 1 is 1.04 bits per heavy atom. The van der Waals surface area contributed by atoms with Crippen molar-refractivity contribution in [1.29, 1.82) is 0 Å². The molecule has 0 saturated carbocycles. The summed E-state index contributed by atoms with van der Waals surface area (Å²) in [6.07, 6.45) is 0.752. The van der Waals surface area contributed by atoms with Gasteiger partial charge in [-0.15, -0.1) is 0 Å². The summed E-state index contributed by atoms with van der Waals surface area (Å²) in [5.41, 5.74) is 4.06. The normalized spacial score (nSPS) is 14.0. The lowest BCUT2D eigenvalue weighted by molar-refractivity contribution is 0.0682. The number of hydrogen-bond acceptors (Lipinski definition) is 2. The molecule has 0 spiro atoms. The molecule has 0 radical (unpaired) electrons. The second kappa shape index (κ2) is 7.02. The average Bonchev–Trinajstić information content (AvgIpc) is 3.03. The predicted octanol–water partition coefficient (Wildman–Crippen LogP) is 5.25. The largest absolute Gasteiger partial charge is 0.334 e. The van der Waals surface area contributed by atoms with Gasteiger partial charge in [0.2, 0.25) is 0 Å².